The van der Waals surface area contributed by atoms with Crippen molar-refractivity contribution in [3.8, 4) is 11.5 Å². The lowest BCUT2D eigenvalue weighted by Crippen LogP contribution is -2.31. The Morgan fingerprint density at radius 2 is 1.95 bits per heavy atom. The van der Waals surface area contributed by atoms with E-state index in [1.54, 1.807) is 11.8 Å². The van der Waals surface area contributed by atoms with E-state index in [-0.39, 0.29) is 5.91 Å². The lowest BCUT2D eigenvalue weighted by molar-refractivity contribution is -0.113. The predicted molar refractivity (Wildman–Crippen MR) is 162 cm³/mol. The third-order valence-electron chi connectivity index (χ3n) is 6.62. The smallest absolute Gasteiger partial charge is 0.255 e. The molecule has 8 nitrogen and oxygen atoms in total. The normalized spacial score (nSPS) is 14.6. The van der Waals surface area contributed by atoms with Gasteiger partial charge in [0.25, 0.3) is 5.91 Å². The number of nitrogens with one attached hydrogen (secondary N) is 2. The number of thioether (sulfide) groups is 1. The molecular formula is C31H41N5O3S. The fourth-order valence-corrected chi connectivity index (χ4v) is 5.42. The average molecular weight is 564 g/mol. The van der Waals surface area contributed by atoms with Gasteiger partial charge in [0.15, 0.2) is 11.5 Å². The zero-order chi connectivity index (χ0) is 28.6. The summed E-state index contributed by atoms with van der Waals surface area (Å²) in [6.07, 6.45) is 3.12. The number of nitrogens with zero attached hydrogens (tertiary/aromatic N) is 3. The molecule has 1 aromatic heterocycles. The zero-order valence-electron chi connectivity index (χ0n) is 24.4. The molecule has 4 rings (SSSR count). The summed E-state index contributed by atoms with van der Waals surface area (Å²) >= 11 is 1.63. The summed E-state index contributed by atoms with van der Waals surface area (Å²) < 4.78 is 13.9. The first-order chi connectivity index (χ1) is 19.3. The van der Waals surface area contributed by atoms with Crippen molar-refractivity contribution >= 4 is 29.3 Å². The number of anilines is 2. The van der Waals surface area contributed by atoms with Gasteiger partial charge in [-0.15, -0.1) is 5.10 Å². The Bertz CT molecular complexity index is 1350. The van der Waals surface area contributed by atoms with Crippen LogP contribution in [0.15, 0.2) is 58.9 Å². The third-order valence-corrected chi connectivity index (χ3v) is 7.54. The molecule has 0 fully saturated rings. The van der Waals surface area contributed by atoms with Crippen LogP contribution in [-0.4, -0.2) is 39.6 Å². The van der Waals surface area contributed by atoms with Crippen LogP contribution in [0, 0.1) is 12.8 Å². The molecule has 1 aliphatic rings. The lowest BCUT2D eigenvalue weighted by atomic mass is 9.94. The summed E-state index contributed by atoms with van der Waals surface area (Å²) in [6, 6.07) is 13.2. The molecular weight excluding hydrogens is 522 g/mol. The maximum atomic E-state index is 13.9. The van der Waals surface area contributed by atoms with Gasteiger partial charge in [0.05, 0.1) is 18.8 Å². The van der Waals surface area contributed by atoms with Gasteiger partial charge in [-0.1, -0.05) is 57.2 Å². The number of hydrogen-bond acceptors (Lipinski definition) is 7. The molecule has 0 radical (unpaired) electrons. The molecule has 1 atom stereocenters. The van der Waals surface area contributed by atoms with E-state index in [2.05, 4.69) is 31.4 Å². The van der Waals surface area contributed by atoms with Crippen LogP contribution in [-0.2, 0) is 4.79 Å². The molecule has 2 aromatic carbocycles. The number of carbonyl (C=O) groups excluding carboxylic acids is 1. The minimum atomic E-state index is -0.503. The highest BCUT2D eigenvalue weighted by Gasteiger charge is 2.35. The molecule has 3 aromatic rings. The standard InChI is InChI=1S/C31H41N5O3S/c1-7-9-17-40-31-34-30-32-22(6)27(29(37)33-24-12-10-11-21(5)18-24)28(36(30)35-31)23-13-14-25(38-8-2)26(19-23)39-16-15-20(3)4/h10-14,18-20,28H,7-9,15-17H2,1-6H3,(H,33,37)(H,32,34,35). The topological polar surface area (TPSA) is 90.3 Å². The number of aromatic nitrogens is 3. The highest BCUT2D eigenvalue weighted by Crippen LogP contribution is 2.40. The Labute approximate surface area is 241 Å². The van der Waals surface area contributed by atoms with Crippen LogP contribution in [0.4, 0.5) is 11.6 Å². The number of hydrogen-bond donors (Lipinski definition) is 2. The van der Waals surface area contributed by atoms with Gasteiger partial charge >= 0.3 is 0 Å². The molecule has 9 heteroatoms. The van der Waals surface area contributed by atoms with Gasteiger partial charge in [0, 0.05) is 17.1 Å². The molecule has 40 heavy (non-hydrogen) atoms. The number of rotatable bonds is 13. The van der Waals surface area contributed by atoms with E-state index in [0.717, 1.165) is 47.5 Å². The quantitative estimate of drug-likeness (QED) is 0.167. The van der Waals surface area contributed by atoms with Gasteiger partial charge in [0.2, 0.25) is 11.1 Å². The van der Waals surface area contributed by atoms with Crippen molar-refractivity contribution in [2.45, 2.75) is 72.0 Å². The van der Waals surface area contributed by atoms with Crippen molar-refractivity contribution < 1.29 is 14.3 Å². The van der Waals surface area contributed by atoms with E-state index in [1.165, 1.54) is 0 Å². The van der Waals surface area contributed by atoms with Crippen LogP contribution in [0.25, 0.3) is 0 Å². The van der Waals surface area contributed by atoms with Crippen LogP contribution in [0.1, 0.15) is 71.0 Å². The minimum Gasteiger partial charge on any atom is -0.490 e. The largest absolute Gasteiger partial charge is 0.490 e. The summed E-state index contributed by atoms with van der Waals surface area (Å²) in [4.78, 5) is 18.6. The van der Waals surface area contributed by atoms with Crippen molar-refractivity contribution in [1.29, 1.82) is 0 Å². The minimum absolute atomic E-state index is 0.196. The molecule has 0 aliphatic carbocycles. The summed E-state index contributed by atoms with van der Waals surface area (Å²) in [6.45, 7) is 13.5. The molecule has 1 amide bonds. The first kappa shape index (κ1) is 29.5. The van der Waals surface area contributed by atoms with Gasteiger partial charge in [-0.05, 0) is 74.9 Å². The highest BCUT2D eigenvalue weighted by molar-refractivity contribution is 7.99. The van der Waals surface area contributed by atoms with E-state index in [4.69, 9.17) is 19.6 Å². The maximum absolute atomic E-state index is 13.9. The summed E-state index contributed by atoms with van der Waals surface area (Å²) in [7, 11) is 0. The van der Waals surface area contributed by atoms with Crippen molar-refractivity contribution in [3.05, 3.63) is 64.9 Å². The van der Waals surface area contributed by atoms with Gasteiger partial charge < -0.3 is 20.1 Å². The second kappa shape index (κ2) is 13.7. The van der Waals surface area contributed by atoms with Gasteiger partial charge in [-0.3, -0.25) is 4.79 Å². The molecule has 214 valence electrons. The monoisotopic (exact) mass is 563 g/mol. The molecule has 2 N–H and O–H groups in total. The maximum Gasteiger partial charge on any atom is 0.255 e. The van der Waals surface area contributed by atoms with Gasteiger partial charge in [-0.25, -0.2) is 4.68 Å². The first-order valence-corrected chi connectivity index (χ1v) is 15.1. The number of carbonyl (C=O) groups is 1. The Morgan fingerprint density at radius 1 is 1.12 bits per heavy atom. The van der Waals surface area contributed by atoms with Gasteiger partial charge in [-0.2, -0.15) is 4.98 Å². The number of ether oxygens (including phenoxy) is 2. The van der Waals surface area contributed by atoms with E-state index in [9.17, 15) is 4.79 Å². The van der Waals surface area contributed by atoms with Crippen molar-refractivity contribution in [2.75, 3.05) is 29.6 Å². The second-order valence-electron chi connectivity index (χ2n) is 10.4. The second-order valence-corrected chi connectivity index (χ2v) is 11.5. The summed E-state index contributed by atoms with van der Waals surface area (Å²) in [5.74, 6) is 3.22. The SMILES string of the molecule is CCCCSc1nc2n(n1)C(c1ccc(OCC)c(OCCC(C)C)c1)C(C(=O)Nc1cccc(C)c1)=C(C)N2. The number of unbranched alkanes of at least 4 members (excludes halogenated alkanes) is 1. The Balaban J connectivity index is 1.76. The fraction of sp³-hybridized carbons (Fsp3) is 0.452. The summed E-state index contributed by atoms with van der Waals surface area (Å²) in [5, 5.41) is 12.0. The van der Waals surface area contributed by atoms with Crippen LogP contribution in [0.5, 0.6) is 11.5 Å². The van der Waals surface area contributed by atoms with Crippen LogP contribution in [0.2, 0.25) is 0 Å². The molecule has 0 saturated carbocycles. The van der Waals surface area contributed by atoms with Crippen LogP contribution >= 0.6 is 11.8 Å². The number of aryl methyl sites for hydroxylation is 1. The van der Waals surface area contributed by atoms with Crippen molar-refractivity contribution in [1.82, 2.24) is 14.8 Å². The number of fused-ring (bicyclic) bond motifs is 1. The average Bonchev–Trinajstić information content (AvgIpc) is 3.31. The van der Waals surface area contributed by atoms with E-state index >= 15 is 0 Å². The molecule has 1 unspecified atom stereocenters. The molecule has 2 heterocycles. The Morgan fingerprint density at radius 3 is 2.67 bits per heavy atom. The highest BCUT2D eigenvalue weighted by atomic mass is 32.2. The van der Waals surface area contributed by atoms with E-state index in [1.807, 2.05) is 67.9 Å². The Kier molecular flexibility index (Phi) is 10.1. The van der Waals surface area contributed by atoms with E-state index < -0.39 is 6.04 Å². The molecule has 0 spiro atoms. The van der Waals surface area contributed by atoms with Crippen LogP contribution < -0.4 is 20.1 Å². The number of allylic oxidation sites excluding steroid dienone is 1. The third kappa shape index (κ3) is 7.18. The van der Waals surface area contributed by atoms with E-state index in [0.29, 0.717) is 47.3 Å². The summed E-state index contributed by atoms with van der Waals surface area (Å²) in [5.41, 5.74) is 3.99. The van der Waals surface area contributed by atoms with Crippen molar-refractivity contribution in [2.24, 2.45) is 5.92 Å². The zero-order valence-corrected chi connectivity index (χ0v) is 25.2. The number of benzene rings is 2. The lowest BCUT2D eigenvalue weighted by Gasteiger charge is -2.29. The molecule has 0 bridgehead atoms. The van der Waals surface area contributed by atoms with Crippen molar-refractivity contribution in [3.63, 3.8) is 0 Å². The van der Waals surface area contributed by atoms with Gasteiger partial charge in [0.1, 0.15) is 6.04 Å². The predicted octanol–water partition coefficient (Wildman–Crippen LogP) is 7.23. The molecule has 1 aliphatic heterocycles. The fourth-order valence-electron chi connectivity index (χ4n) is 4.51. The Hall–Kier alpha value is -3.46. The first-order valence-electron chi connectivity index (χ1n) is 14.1. The molecule has 0 saturated heterocycles. The van der Waals surface area contributed by atoms with Crippen LogP contribution in [0.3, 0.4) is 0 Å². The number of amides is 1.